The lowest BCUT2D eigenvalue weighted by atomic mass is 9.97. The van der Waals surface area contributed by atoms with Crippen LogP contribution in [0.3, 0.4) is 0 Å². The fourth-order valence-corrected chi connectivity index (χ4v) is 2.22. The Morgan fingerprint density at radius 3 is 2.57 bits per heavy atom. The van der Waals surface area contributed by atoms with Gasteiger partial charge in [0.1, 0.15) is 6.04 Å². The largest absolute Gasteiger partial charge is 0.480 e. The molecule has 1 fully saturated rings. The molecule has 1 rings (SSSR count). The summed E-state index contributed by atoms with van der Waals surface area (Å²) in [6.07, 6.45) is 0.847. The van der Waals surface area contributed by atoms with Gasteiger partial charge in [-0.2, -0.15) is 0 Å². The summed E-state index contributed by atoms with van der Waals surface area (Å²) in [5.74, 6) is -2.61. The van der Waals surface area contributed by atoms with E-state index in [4.69, 9.17) is 10.8 Å². The number of nitrogens with two attached hydrogens (primary N) is 1. The van der Waals surface area contributed by atoms with Crippen LogP contribution in [0.5, 0.6) is 0 Å². The van der Waals surface area contributed by atoms with Crippen LogP contribution in [0.2, 0.25) is 0 Å². The van der Waals surface area contributed by atoms with Crippen molar-refractivity contribution in [2.24, 2.45) is 11.7 Å². The molecule has 1 saturated heterocycles. The fraction of sp³-hybridized carbons (Fsp3) is 0.667. The number of primary amides is 1. The number of carbonyl (C=O) groups excluding carboxylic acids is 3. The second kappa shape index (κ2) is 7.46. The summed E-state index contributed by atoms with van der Waals surface area (Å²) >= 11 is 0. The highest BCUT2D eigenvalue weighted by molar-refractivity contribution is 5.88. The van der Waals surface area contributed by atoms with Gasteiger partial charge in [0.25, 0.3) is 0 Å². The molecule has 9 nitrogen and oxygen atoms in total. The van der Waals surface area contributed by atoms with Crippen molar-refractivity contribution in [3.05, 3.63) is 0 Å². The molecule has 0 saturated carbocycles. The Balaban J connectivity index is 2.62. The highest BCUT2D eigenvalue weighted by atomic mass is 16.4. The van der Waals surface area contributed by atoms with E-state index in [9.17, 15) is 19.2 Å². The lowest BCUT2D eigenvalue weighted by Crippen LogP contribution is -2.53. The van der Waals surface area contributed by atoms with E-state index in [0.717, 1.165) is 0 Å². The lowest BCUT2D eigenvalue weighted by Gasteiger charge is -2.32. The average molecular weight is 300 g/mol. The molecule has 0 radical (unpaired) electrons. The molecule has 0 aromatic rings. The van der Waals surface area contributed by atoms with Gasteiger partial charge in [0.15, 0.2) is 0 Å². The van der Waals surface area contributed by atoms with Crippen molar-refractivity contribution in [3.63, 3.8) is 0 Å². The summed E-state index contributed by atoms with van der Waals surface area (Å²) in [5.41, 5.74) is 4.95. The third-order valence-electron chi connectivity index (χ3n) is 3.33. The second-order valence-corrected chi connectivity index (χ2v) is 4.91. The monoisotopic (exact) mass is 300 g/mol. The number of aliphatic carboxylic acids is 1. The van der Waals surface area contributed by atoms with E-state index in [-0.39, 0.29) is 18.4 Å². The minimum Gasteiger partial charge on any atom is -0.480 e. The second-order valence-electron chi connectivity index (χ2n) is 4.91. The Morgan fingerprint density at radius 1 is 1.38 bits per heavy atom. The average Bonchev–Trinajstić information content (AvgIpc) is 2.45. The minimum atomic E-state index is -1.37. The van der Waals surface area contributed by atoms with E-state index >= 15 is 0 Å². The zero-order chi connectivity index (χ0) is 16.0. The van der Waals surface area contributed by atoms with Crippen LogP contribution < -0.4 is 16.4 Å². The number of nitrogens with one attached hydrogen (secondary N) is 2. The maximum Gasteiger partial charge on any atom is 0.326 e. The predicted octanol–water partition coefficient (Wildman–Crippen LogP) is -1.52. The van der Waals surface area contributed by atoms with Crippen molar-refractivity contribution in [3.8, 4) is 0 Å². The molecule has 5 N–H and O–H groups in total. The summed E-state index contributed by atoms with van der Waals surface area (Å²) < 4.78 is 0. The van der Waals surface area contributed by atoms with Crippen molar-refractivity contribution in [1.29, 1.82) is 0 Å². The number of rotatable bonds is 5. The third-order valence-corrected chi connectivity index (χ3v) is 3.33. The normalized spacial score (nSPS) is 19.5. The van der Waals surface area contributed by atoms with Crippen LogP contribution in [0.1, 0.15) is 19.3 Å². The Hall–Kier alpha value is -2.32. The number of likely N-dealkylation sites (tertiary alicyclic amines) is 1. The molecule has 1 aliphatic rings. The van der Waals surface area contributed by atoms with Crippen molar-refractivity contribution in [2.45, 2.75) is 25.3 Å². The van der Waals surface area contributed by atoms with Crippen molar-refractivity contribution in [2.75, 3.05) is 20.1 Å². The summed E-state index contributed by atoms with van der Waals surface area (Å²) in [6.45, 7) is 0.649. The first kappa shape index (κ1) is 16.7. The van der Waals surface area contributed by atoms with Crippen LogP contribution in [0.4, 0.5) is 4.79 Å². The number of carbonyl (C=O) groups is 4. The van der Waals surface area contributed by atoms with Gasteiger partial charge in [-0.1, -0.05) is 0 Å². The number of piperidine rings is 1. The van der Waals surface area contributed by atoms with Crippen LogP contribution in [0.25, 0.3) is 0 Å². The van der Waals surface area contributed by atoms with Crippen LogP contribution in [0.15, 0.2) is 0 Å². The molecule has 118 valence electrons. The first-order valence-electron chi connectivity index (χ1n) is 6.63. The highest BCUT2D eigenvalue weighted by Crippen LogP contribution is 2.16. The van der Waals surface area contributed by atoms with Gasteiger partial charge >= 0.3 is 12.0 Å². The molecule has 1 aliphatic heterocycles. The lowest BCUT2D eigenvalue weighted by molar-refractivity contribution is -0.141. The van der Waals surface area contributed by atoms with E-state index in [2.05, 4.69) is 10.6 Å². The van der Waals surface area contributed by atoms with Gasteiger partial charge in [0.2, 0.25) is 11.8 Å². The van der Waals surface area contributed by atoms with E-state index in [0.29, 0.717) is 19.4 Å². The molecule has 1 unspecified atom stereocenters. The molecule has 0 spiro atoms. The predicted molar refractivity (Wildman–Crippen MR) is 72.1 cm³/mol. The molecule has 21 heavy (non-hydrogen) atoms. The number of carboxylic acids is 1. The van der Waals surface area contributed by atoms with Gasteiger partial charge in [0.05, 0.1) is 12.3 Å². The van der Waals surface area contributed by atoms with Crippen molar-refractivity contribution < 1.29 is 24.3 Å². The number of amides is 4. The van der Waals surface area contributed by atoms with Gasteiger partial charge in [-0.3, -0.25) is 9.59 Å². The van der Waals surface area contributed by atoms with Gasteiger partial charge < -0.3 is 26.4 Å². The first-order chi connectivity index (χ1) is 9.85. The highest BCUT2D eigenvalue weighted by Gasteiger charge is 2.30. The molecule has 0 aromatic carbocycles. The molecule has 0 bridgehead atoms. The first-order valence-corrected chi connectivity index (χ1v) is 6.63. The summed E-state index contributed by atoms with van der Waals surface area (Å²) in [5, 5.41) is 13.7. The molecule has 0 aromatic heterocycles. The Morgan fingerprint density at radius 2 is 2.05 bits per heavy atom. The van der Waals surface area contributed by atoms with E-state index < -0.39 is 30.4 Å². The summed E-state index contributed by atoms with van der Waals surface area (Å²) in [6, 6.07) is -1.98. The smallest absolute Gasteiger partial charge is 0.326 e. The number of urea groups is 1. The molecular weight excluding hydrogens is 280 g/mol. The fourth-order valence-electron chi connectivity index (χ4n) is 2.22. The molecule has 1 heterocycles. The van der Waals surface area contributed by atoms with E-state index in [1.807, 2.05) is 0 Å². The quantitative estimate of drug-likeness (QED) is 0.488. The molecule has 0 aliphatic carbocycles. The van der Waals surface area contributed by atoms with Crippen LogP contribution >= 0.6 is 0 Å². The van der Waals surface area contributed by atoms with Crippen LogP contribution in [0, 0.1) is 5.92 Å². The maximum atomic E-state index is 12.0. The Kier molecular flexibility index (Phi) is 5.94. The zero-order valence-electron chi connectivity index (χ0n) is 11.8. The van der Waals surface area contributed by atoms with Crippen LogP contribution in [-0.2, 0) is 14.4 Å². The van der Waals surface area contributed by atoms with E-state index in [1.165, 1.54) is 11.9 Å². The third kappa shape index (κ3) is 4.93. The summed E-state index contributed by atoms with van der Waals surface area (Å²) in [4.78, 5) is 46.7. The van der Waals surface area contributed by atoms with Gasteiger partial charge in [-0.05, 0) is 12.8 Å². The van der Waals surface area contributed by atoms with Crippen molar-refractivity contribution in [1.82, 2.24) is 15.5 Å². The number of nitrogens with zero attached hydrogens (tertiary/aromatic N) is 1. The zero-order valence-corrected chi connectivity index (χ0v) is 11.8. The number of hydrogen-bond acceptors (Lipinski definition) is 4. The standard InChI is InChI=1S/C12H20N4O5/c1-14-10(18)7-3-2-4-16(6-7)12(21)15-8(11(19)20)5-9(13)17/h7-8H,2-6H2,1H3,(H2,13,17)(H,14,18)(H,15,21)(H,19,20)/t7?,8-/m1/s1. The summed E-state index contributed by atoms with van der Waals surface area (Å²) in [7, 11) is 1.52. The van der Waals surface area contributed by atoms with Gasteiger partial charge in [-0.25, -0.2) is 9.59 Å². The van der Waals surface area contributed by atoms with Crippen molar-refractivity contribution >= 4 is 23.8 Å². The molecule has 2 atom stereocenters. The van der Waals surface area contributed by atoms with E-state index in [1.54, 1.807) is 0 Å². The van der Waals surface area contributed by atoms with Gasteiger partial charge in [0, 0.05) is 20.1 Å². The maximum absolute atomic E-state index is 12.0. The molecule has 9 heteroatoms. The van der Waals surface area contributed by atoms with Crippen LogP contribution in [-0.4, -0.2) is 60.0 Å². The molecular formula is C12H20N4O5. The Labute approximate surface area is 121 Å². The van der Waals surface area contributed by atoms with Gasteiger partial charge in [-0.15, -0.1) is 0 Å². The minimum absolute atomic E-state index is 0.153. The number of carboxylic acid groups (broad SMARTS) is 1. The SMILES string of the molecule is CNC(=O)C1CCCN(C(=O)N[C@H](CC(N)=O)C(=O)O)C1. The molecule has 4 amide bonds. The Bertz CT molecular complexity index is 439. The number of hydrogen-bond donors (Lipinski definition) is 4. The topological polar surface area (TPSA) is 142 Å².